The molecule has 1 heterocycles. The normalized spacial score (nSPS) is 10.8. The van der Waals surface area contributed by atoms with Gasteiger partial charge >= 0.3 is 0 Å². The lowest BCUT2D eigenvalue weighted by Crippen LogP contribution is -2.12. The van der Waals surface area contributed by atoms with E-state index in [0.717, 1.165) is 28.1 Å². The Kier molecular flexibility index (Phi) is 3.76. The highest BCUT2D eigenvalue weighted by Gasteiger charge is 2.07. The summed E-state index contributed by atoms with van der Waals surface area (Å²) in [6.45, 7) is 0.621. The third kappa shape index (κ3) is 2.98. The van der Waals surface area contributed by atoms with E-state index in [9.17, 15) is 0 Å². The van der Waals surface area contributed by atoms with Crippen molar-refractivity contribution in [1.82, 2.24) is 0 Å². The van der Waals surface area contributed by atoms with E-state index in [-0.39, 0.29) is 0 Å². The highest BCUT2D eigenvalue weighted by molar-refractivity contribution is 6.31. The second-order valence-corrected chi connectivity index (χ2v) is 5.60. The Morgan fingerprint density at radius 1 is 1.10 bits per heavy atom. The molecule has 4 heteroatoms. The molecule has 0 aliphatic carbocycles. The fraction of sp³-hybridized carbons (Fsp3) is 0.176. The van der Waals surface area contributed by atoms with Gasteiger partial charge in [0.1, 0.15) is 11.3 Å². The molecule has 0 saturated carbocycles. The number of rotatable bonds is 4. The van der Waals surface area contributed by atoms with E-state index in [1.54, 1.807) is 0 Å². The van der Waals surface area contributed by atoms with Crippen LogP contribution in [0, 0.1) is 0 Å². The molecule has 0 spiro atoms. The van der Waals surface area contributed by atoms with Crippen LogP contribution in [-0.4, -0.2) is 14.1 Å². The second-order valence-electron chi connectivity index (χ2n) is 5.16. The molecule has 1 N–H and O–H groups in total. The van der Waals surface area contributed by atoms with Gasteiger partial charge in [-0.3, -0.25) is 0 Å². The van der Waals surface area contributed by atoms with Gasteiger partial charge in [0.15, 0.2) is 0 Å². The summed E-state index contributed by atoms with van der Waals surface area (Å²) in [4.78, 5) is 2.05. The largest absolute Gasteiger partial charge is 0.459 e. The molecule has 0 amide bonds. The molecule has 0 atom stereocenters. The Morgan fingerprint density at radius 2 is 1.90 bits per heavy atom. The number of nitrogens with zero attached hydrogens (tertiary/aromatic N) is 1. The lowest BCUT2D eigenvalue weighted by atomic mass is 10.2. The number of halogens is 1. The molecule has 3 nitrogen and oxygen atoms in total. The van der Waals surface area contributed by atoms with Crippen molar-refractivity contribution in [3.05, 3.63) is 59.3 Å². The molecule has 0 aliphatic heterocycles. The summed E-state index contributed by atoms with van der Waals surface area (Å²) in [5, 5.41) is 5.23. The van der Waals surface area contributed by atoms with Crippen molar-refractivity contribution in [3.8, 4) is 0 Å². The third-order valence-corrected chi connectivity index (χ3v) is 3.61. The van der Waals surface area contributed by atoms with Crippen LogP contribution < -0.4 is 10.2 Å². The molecule has 0 aliphatic rings. The number of nitrogens with one attached hydrogen (secondary N) is 1. The zero-order valence-corrected chi connectivity index (χ0v) is 12.8. The van der Waals surface area contributed by atoms with Crippen LogP contribution in [0.25, 0.3) is 11.0 Å². The molecule has 0 unspecified atom stereocenters. The fourth-order valence-electron chi connectivity index (χ4n) is 2.35. The molecule has 2 aromatic carbocycles. The van der Waals surface area contributed by atoms with Crippen molar-refractivity contribution in [1.29, 1.82) is 0 Å². The first-order valence-electron chi connectivity index (χ1n) is 6.82. The molecule has 0 bridgehead atoms. The summed E-state index contributed by atoms with van der Waals surface area (Å²) in [6.07, 6.45) is 0. The standard InChI is InChI=1S/C17H17ClN2O/c1-20(2)16-8-7-13(18)10-15(16)19-11-14-9-12-5-3-4-6-17(12)21-14/h3-10,19H,11H2,1-2H3. The Morgan fingerprint density at radius 3 is 2.67 bits per heavy atom. The fourth-order valence-corrected chi connectivity index (χ4v) is 2.52. The summed E-state index contributed by atoms with van der Waals surface area (Å²) < 4.78 is 5.81. The van der Waals surface area contributed by atoms with Crippen molar-refractivity contribution in [3.63, 3.8) is 0 Å². The smallest absolute Gasteiger partial charge is 0.134 e. The first-order chi connectivity index (χ1) is 10.1. The van der Waals surface area contributed by atoms with Gasteiger partial charge in [0.25, 0.3) is 0 Å². The van der Waals surface area contributed by atoms with Gasteiger partial charge in [-0.15, -0.1) is 0 Å². The van der Waals surface area contributed by atoms with E-state index in [1.165, 1.54) is 0 Å². The number of fused-ring (bicyclic) bond motifs is 1. The average Bonchev–Trinajstić information content (AvgIpc) is 2.87. The van der Waals surface area contributed by atoms with Crippen LogP contribution in [0.1, 0.15) is 5.76 Å². The Labute approximate surface area is 129 Å². The summed E-state index contributed by atoms with van der Waals surface area (Å²) in [5.74, 6) is 0.904. The van der Waals surface area contributed by atoms with Crippen molar-refractivity contribution in [2.24, 2.45) is 0 Å². The van der Waals surface area contributed by atoms with Crippen molar-refractivity contribution in [2.45, 2.75) is 6.54 Å². The minimum atomic E-state index is 0.621. The highest BCUT2D eigenvalue weighted by atomic mass is 35.5. The molecular weight excluding hydrogens is 284 g/mol. The number of anilines is 2. The summed E-state index contributed by atoms with van der Waals surface area (Å²) in [5.41, 5.74) is 3.00. The van der Waals surface area contributed by atoms with Gasteiger partial charge in [0, 0.05) is 24.5 Å². The van der Waals surface area contributed by atoms with Crippen molar-refractivity contribution < 1.29 is 4.42 Å². The SMILES string of the molecule is CN(C)c1ccc(Cl)cc1NCc1cc2ccccc2o1. The number of furan rings is 1. The van der Waals surface area contributed by atoms with Crippen LogP contribution in [0.3, 0.4) is 0 Å². The molecule has 1 aromatic heterocycles. The predicted molar refractivity (Wildman–Crippen MR) is 89.3 cm³/mol. The zero-order chi connectivity index (χ0) is 14.8. The maximum absolute atomic E-state index is 6.09. The Hall–Kier alpha value is -2.13. The van der Waals surface area contributed by atoms with E-state index >= 15 is 0 Å². The van der Waals surface area contributed by atoms with Gasteiger partial charge in [0.05, 0.1) is 17.9 Å². The summed E-state index contributed by atoms with van der Waals surface area (Å²) in [7, 11) is 4.02. The number of hydrogen-bond donors (Lipinski definition) is 1. The zero-order valence-electron chi connectivity index (χ0n) is 12.1. The minimum absolute atomic E-state index is 0.621. The van der Waals surface area contributed by atoms with E-state index in [1.807, 2.05) is 56.6 Å². The average molecular weight is 301 g/mol. The van der Waals surface area contributed by atoms with E-state index in [0.29, 0.717) is 11.6 Å². The molecule has 21 heavy (non-hydrogen) atoms. The maximum Gasteiger partial charge on any atom is 0.134 e. The van der Waals surface area contributed by atoms with Crippen LogP contribution in [0.2, 0.25) is 5.02 Å². The Bertz CT molecular complexity index is 731. The molecule has 0 radical (unpaired) electrons. The van der Waals surface area contributed by atoms with Gasteiger partial charge < -0.3 is 14.6 Å². The van der Waals surface area contributed by atoms with Gasteiger partial charge in [-0.25, -0.2) is 0 Å². The summed E-state index contributed by atoms with van der Waals surface area (Å²) >= 11 is 6.09. The third-order valence-electron chi connectivity index (χ3n) is 3.37. The van der Waals surface area contributed by atoms with Crippen LogP contribution in [0.4, 0.5) is 11.4 Å². The molecule has 3 aromatic rings. The first kappa shape index (κ1) is 13.8. The van der Waals surface area contributed by atoms with E-state index in [4.69, 9.17) is 16.0 Å². The van der Waals surface area contributed by atoms with Crippen molar-refractivity contribution >= 4 is 33.9 Å². The molecule has 108 valence electrons. The quantitative estimate of drug-likeness (QED) is 0.752. The lowest BCUT2D eigenvalue weighted by Gasteiger charge is -2.18. The topological polar surface area (TPSA) is 28.4 Å². The Balaban J connectivity index is 1.82. The predicted octanol–water partition coefficient (Wildman–Crippen LogP) is 4.76. The molecule has 0 fully saturated rings. The van der Waals surface area contributed by atoms with Crippen LogP contribution in [0.5, 0.6) is 0 Å². The van der Waals surface area contributed by atoms with Crippen LogP contribution in [0.15, 0.2) is 52.9 Å². The second kappa shape index (κ2) is 5.70. The van der Waals surface area contributed by atoms with Gasteiger partial charge in [0.2, 0.25) is 0 Å². The van der Waals surface area contributed by atoms with E-state index in [2.05, 4.69) is 16.3 Å². The monoisotopic (exact) mass is 300 g/mol. The van der Waals surface area contributed by atoms with E-state index < -0.39 is 0 Å². The van der Waals surface area contributed by atoms with Crippen molar-refractivity contribution in [2.75, 3.05) is 24.3 Å². The number of benzene rings is 2. The number of hydrogen-bond acceptors (Lipinski definition) is 3. The summed E-state index contributed by atoms with van der Waals surface area (Å²) in [6, 6.07) is 15.9. The first-order valence-corrected chi connectivity index (χ1v) is 7.19. The molecule has 3 rings (SSSR count). The van der Waals surface area contributed by atoms with Gasteiger partial charge in [-0.1, -0.05) is 29.8 Å². The van der Waals surface area contributed by atoms with Crippen LogP contribution >= 0.6 is 11.6 Å². The maximum atomic E-state index is 6.09. The number of para-hydroxylation sites is 1. The molecule has 0 saturated heterocycles. The van der Waals surface area contributed by atoms with Gasteiger partial charge in [-0.05, 0) is 30.3 Å². The highest BCUT2D eigenvalue weighted by Crippen LogP contribution is 2.28. The van der Waals surface area contributed by atoms with Gasteiger partial charge in [-0.2, -0.15) is 0 Å². The molecular formula is C17H17ClN2O. The lowest BCUT2D eigenvalue weighted by molar-refractivity contribution is 0.559. The minimum Gasteiger partial charge on any atom is -0.459 e. The van der Waals surface area contributed by atoms with Crippen LogP contribution in [-0.2, 0) is 6.54 Å².